The maximum atomic E-state index is 12.4. The third-order valence-electron chi connectivity index (χ3n) is 4.28. The van der Waals surface area contributed by atoms with E-state index in [1.165, 1.54) is 18.2 Å². The lowest BCUT2D eigenvalue weighted by Crippen LogP contribution is -2.49. The van der Waals surface area contributed by atoms with Crippen molar-refractivity contribution in [1.82, 2.24) is 10.6 Å². The van der Waals surface area contributed by atoms with Gasteiger partial charge in [0.25, 0.3) is 0 Å². The molecule has 0 saturated heterocycles. The highest BCUT2D eigenvalue weighted by atomic mass is 19.4. The smallest absolute Gasteiger partial charge is 0.444 e. The van der Waals surface area contributed by atoms with E-state index in [0.29, 0.717) is 12.0 Å². The fourth-order valence-electron chi connectivity index (χ4n) is 2.97. The molecule has 32 heavy (non-hydrogen) atoms. The summed E-state index contributed by atoms with van der Waals surface area (Å²) in [5.74, 6) is -0.314. The molecule has 3 N–H and O–H groups in total. The lowest BCUT2D eigenvalue weighted by molar-refractivity contribution is -0.274. The number of hydrogen-bond acceptors (Lipinski definition) is 5. The average molecular weight is 454 g/mol. The molecule has 0 aliphatic heterocycles. The van der Waals surface area contributed by atoms with Crippen LogP contribution in [0.15, 0.2) is 54.6 Å². The molecule has 6 nitrogen and oxygen atoms in total. The van der Waals surface area contributed by atoms with Crippen molar-refractivity contribution < 1.29 is 32.5 Å². The molecule has 2 aromatic carbocycles. The van der Waals surface area contributed by atoms with Crippen molar-refractivity contribution in [1.29, 1.82) is 0 Å². The van der Waals surface area contributed by atoms with Crippen LogP contribution in [0, 0.1) is 0 Å². The van der Waals surface area contributed by atoms with Crippen molar-refractivity contribution in [2.24, 2.45) is 0 Å². The molecule has 0 aliphatic carbocycles. The topological polar surface area (TPSA) is 79.8 Å². The first-order chi connectivity index (χ1) is 14.9. The predicted octanol–water partition coefficient (Wildman–Crippen LogP) is 4.17. The number of carbonyl (C=O) groups excluding carboxylic acids is 1. The second-order valence-electron chi connectivity index (χ2n) is 8.34. The second kappa shape index (κ2) is 11.2. The number of nitrogens with one attached hydrogen (secondary N) is 2. The van der Waals surface area contributed by atoms with Crippen LogP contribution in [0.25, 0.3) is 0 Å². The molecule has 2 atom stereocenters. The number of benzene rings is 2. The first-order valence-electron chi connectivity index (χ1n) is 10.2. The first-order valence-corrected chi connectivity index (χ1v) is 10.2. The van der Waals surface area contributed by atoms with Gasteiger partial charge in [-0.3, -0.25) is 0 Å². The van der Waals surface area contributed by atoms with Crippen molar-refractivity contribution in [2.45, 2.75) is 57.8 Å². The molecule has 0 fully saturated rings. The van der Waals surface area contributed by atoms with E-state index in [2.05, 4.69) is 15.4 Å². The van der Waals surface area contributed by atoms with Crippen molar-refractivity contribution in [2.75, 3.05) is 6.54 Å². The zero-order valence-electron chi connectivity index (χ0n) is 18.3. The van der Waals surface area contributed by atoms with Gasteiger partial charge in [0.2, 0.25) is 0 Å². The Morgan fingerprint density at radius 1 is 1.03 bits per heavy atom. The maximum absolute atomic E-state index is 12.4. The van der Waals surface area contributed by atoms with Crippen LogP contribution in [0.4, 0.5) is 18.0 Å². The lowest BCUT2D eigenvalue weighted by Gasteiger charge is -2.27. The van der Waals surface area contributed by atoms with Crippen molar-refractivity contribution in [3.63, 3.8) is 0 Å². The summed E-state index contributed by atoms with van der Waals surface area (Å²) in [7, 11) is 0. The molecule has 0 aliphatic rings. The van der Waals surface area contributed by atoms with Crippen LogP contribution in [0.3, 0.4) is 0 Å². The quantitative estimate of drug-likeness (QED) is 0.530. The number of alkyl carbamates (subject to hydrolysis) is 1. The highest BCUT2D eigenvalue weighted by Crippen LogP contribution is 2.23. The number of aliphatic hydroxyl groups is 1. The molecule has 0 bridgehead atoms. The van der Waals surface area contributed by atoms with Crippen molar-refractivity contribution >= 4 is 6.09 Å². The summed E-state index contributed by atoms with van der Waals surface area (Å²) in [6.07, 6.45) is -6.01. The summed E-state index contributed by atoms with van der Waals surface area (Å²) < 4.78 is 46.4. The monoisotopic (exact) mass is 454 g/mol. The lowest BCUT2D eigenvalue weighted by atomic mass is 10.0. The Labute approximate surface area is 185 Å². The number of hydrogen-bond donors (Lipinski definition) is 3. The molecule has 0 aromatic heterocycles. The molecule has 0 radical (unpaired) electrons. The minimum atomic E-state index is -4.76. The number of carbonyl (C=O) groups is 1. The summed E-state index contributed by atoms with van der Waals surface area (Å²) >= 11 is 0. The summed E-state index contributed by atoms with van der Waals surface area (Å²) in [5.41, 5.74) is 0.789. The van der Waals surface area contributed by atoms with Crippen LogP contribution in [-0.2, 0) is 17.7 Å². The van der Waals surface area contributed by atoms with Gasteiger partial charge < -0.3 is 25.2 Å². The van der Waals surface area contributed by atoms with E-state index in [0.717, 1.165) is 5.56 Å². The van der Waals surface area contributed by atoms with Crippen LogP contribution in [0.5, 0.6) is 5.75 Å². The summed E-state index contributed by atoms with van der Waals surface area (Å²) in [5, 5.41) is 16.4. The van der Waals surface area contributed by atoms with Crippen molar-refractivity contribution in [3.8, 4) is 5.75 Å². The van der Waals surface area contributed by atoms with Crippen LogP contribution < -0.4 is 15.4 Å². The molecule has 0 heterocycles. The zero-order valence-corrected chi connectivity index (χ0v) is 18.3. The van der Waals surface area contributed by atoms with Gasteiger partial charge in [0, 0.05) is 13.1 Å². The average Bonchev–Trinajstić information content (AvgIpc) is 2.65. The fourth-order valence-corrected chi connectivity index (χ4v) is 2.97. The number of amides is 1. The van der Waals surface area contributed by atoms with E-state index >= 15 is 0 Å². The Balaban J connectivity index is 1.97. The molecule has 2 aromatic rings. The Hall–Kier alpha value is -2.78. The molecule has 2 unspecified atom stereocenters. The number of ether oxygens (including phenoxy) is 2. The number of aliphatic hydroxyl groups excluding tert-OH is 1. The van der Waals surface area contributed by atoms with Crippen LogP contribution in [0.2, 0.25) is 0 Å². The predicted molar refractivity (Wildman–Crippen MR) is 114 cm³/mol. The molecule has 0 spiro atoms. The highest BCUT2D eigenvalue weighted by molar-refractivity contribution is 5.68. The molecule has 0 saturated carbocycles. The van der Waals surface area contributed by atoms with E-state index in [9.17, 15) is 23.1 Å². The molecule has 1 amide bonds. The third kappa shape index (κ3) is 10.0. The Morgan fingerprint density at radius 3 is 2.31 bits per heavy atom. The van der Waals surface area contributed by atoms with E-state index in [1.807, 2.05) is 30.3 Å². The van der Waals surface area contributed by atoms with Crippen LogP contribution >= 0.6 is 0 Å². The van der Waals surface area contributed by atoms with Gasteiger partial charge in [-0.1, -0.05) is 42.5 Å². The van der Waals surface area contributed by atoms with Crippen molar-refractivity contribution in [3.05, 3.63) is 65.7 Å². The minimum Gasteiger partial charge on any atom is -0.444 e. The normalized spacial score (nSPS) is 13.8. The van der Waals surface area contributed by atoms with Gasteiger partial charge in [-0.15, -0.1) is 13.2 Å². The van der Waals surface area contributed by atoms with Gasteiger partial charge in [0.05, 0.1) is 12.1 Å². The third-order valence-corrected chi connectivity index (χ3v) is 4.28. The highest BCUT2D eigenvalue weighted by Gasteiger charge is 2.31. The van der Waals surface area contributed by atoms with Gasteiger partial charge in [-0.2, -0.15) is 0 Å². The maximum Gasteiger partial charge on any atom is 0.573 e. The number of alkyl halides is 3. The first kappa shape index (κ1) is 25.5. The Morgan fingerprint density at radius 2 is 1.69 bits per heavy atom. The molecular weight excluding hydrogens is 425 g/mol. The largest absolute Gasteiger partial charge is 0.573 e. The van der Waals surface area contributed by atoms with E-state index in [1.54, 1.807) is 26.8 Å². The van der Waals surface area contributed by atoms with Gasteiger partial charge in [0.1, 0.15) is 11.4 Å². The Kier molecular flexibility index (Phi) is 8.91. The number of halogens is 3. The number of rotatable bonds is 9. The molecule has 2 rings (SSSR count). The van der Waals surface area contributed by atoms with E-state index < -0.39 is 30.2 Å². The molecule has 9 heteroatoms. The fraction of sp³-hybridized carbons (Fsp3) is 0.435. The standard InChI is InChI=1S/C23H29F3N2O4/c1-22(2,3)32-21(30)28-19(13-16-8-5-4-6-9-16)20(29)15-27-14-17-10-7-11-18(12-17)31-23(24,25)26/h4-12,19-20,27,29H,13-15H2,1-3H3,(H,28,30). The summed E-state index contributed by atoms with van der Waals surface area (Å²) in [6, 6.07) is 14.3. The van der Waals surface area contributed by atoms with Gasteiger partial charge >= 0.3 is 12.5 Å². The van der Waals surface area contributed by atoms with Gasteiger partial charge in [-0.05, 0) is 50.5 Å². The Bertz CT molecular complexity index is 854. The minimum absolute atomic E-state index is 0.0949. The van der Waals surface area contributed by atoms with Crippen LogP contribution in [0.1, 0.15) is 31.9 Å². The van der Waals surface area contributed by atoms with E-state index in [-0.39, 0.29) is 18.8 Å². The summed E-state index contributed by atoms with van der Waals surface area (Å²) in [6.45, 7) is 5.53. The van der Waals surface area contributed by atoms with E-state index in [4.69, 9.17) is 4.74 Å². The second-order valence-corrected chi connectivity index (χ2v) is 8.34. The molecule has 176 valence electrons. The van der Waals surface area contributed by atoms with Gasteiger partial charge in [-0.25, -0.2) is 4.79 Å². The van der Waals surface area contributed by atoms with Gasteiger partial charge in [0.15, 0.2) is 0 Å². The SMILES string of the molecule is CC(C)(C)OC(=O)NC(Cc1ccccc1)C(O)CNCc1cccc(OC(F)(F)F)c1. The van der Waals surface area contributed by atoms with Crippen LogP contribution in [-0.4, -0.2) is 41.9 Å². The summed E-state index contributed by atoms with van der Waals surface area (Å²) in [4.78, 5) is 12.2. The molecular formula is C23H29F3N2O4. The zero-order chi connectivity index (χ0) is 23.8.